The van der Waals surface area contributed by atoms with E-state index in [0.717, 1.165) is 12.0 Å². The Hall–Kier alpha value is 0.330. The predicted octanol–water partition coefficient (Wildman–Crippen LogP) is -1.57. The van der Waals surface area contributed by atoms with E-state index in [1.807, 2.05) is 30.3 Å². The Bertz CT molecular complexity index is 302. The summed E-state index contributed by atoms with van der Waals surface area (Å²) in [5.74, 6) is 0.254. The minimum Gasteiger partial charge on any atom is -0.772 e. The molecule has 1 aromatic carbocycles. The normalized spacial score (nSPS) is 27.5. The van der Waals surface area contributed by atoms with Crippen molar-refractivity contribution in [2.45, 2.75) is 17.6 Å². The third-order valence-electron chi connectivity index (χ3n) is 2.21. The van der Waals surface area contributed by atoms with E-state index in [2.05, 4.69) is 0 Å². The minimum atomic E-state index is -1.89. The van der Waals surface area contributed by atoms with E-state index in [1.54, 1.807) is 0 Å². The summed E-state index contributed by atoms with van der Waals surface area (Å²) in [7, 11) is 0. The number of hydrogen-bond acceptors (Lipinski definition) is 2. The van der Waals surface area contributed by atoms with Crippen LogP contribution in [0.15, 0.2) is 30.3 Å². The topological polar surface area (TPSA) is 40.1 Å². The summed E-state index contributed by atoms with van der Waals surface area (Å²) in [5, 5.41) is -0.132. The van der Waals surface area contributed by atoms with Gasteiger partial charge in [0.05, 0.1) is 0 Å². The van der Waals surface area contributed by atoms with Crippen LogP contribution in [0.3, 0.4) is 0 Å². The fraction of sp³-hybridized carbons (Fsp3) is 0.333. The first-order chi connectivity index (χ1) is 5.79. The molecule has 0 N–H and O–H groups in total. The van der Waals surface area contributed by atoms with Crippen molar-refractivity contribution in [2.24, 2.45) is 0 Å². The molecule has 0 saturated heterocycles. The van der Waals surface area contributed by atoms with E-state index in [9.17, 15) is 8.76 Å². The zero-order valence-corrected chi connectivity index (χ0v) is 10.3. The van der Waals surface area contributed by atoms with Crippen LogP contribution in [0, 0.1) is 0 Å². The smallest absolute Gasteiger partial charge is 0.772 e. The average Bonchev–Trinajstić information content (AvgIpc) is 2.84. The summed E-state index contributed by atoms with van der Waals surface area (Å²) in [5.41, 5.74) is 1.15. The van der Waals surface area contributed by atoms with Crippen LogP contribution >= 0.6 is 0 Å². The molecule has 1 aliphatic carbocycles. The summed E-state index contributed by atoms with van der Waals surface area (Å²) in [6, 6.07) is 9.79. The maximum absolute atomic E-state index is 10.5. The molecule has 64 valence electrons. The van der Waals surface area contributed by atoms with Crippen molar-refractivity contribution in [2.75, 3.05) is 0 Å². The molecule has 2 rings (SSSR count). The Morgan fingerprint density at radius 2 is 1.92 bits per heavy atom. The van der Waals surface area contributed by atoms with Crippen molar-refractivity contribution in [3.8, 4) is 0 Å². The fourth-order valence-corrected chi connectivity index (χ4v) is 2.23. The standard InChI is InChI=1S/C9H10O2S.Na/c10-12(11)9-6-8(9)7-4-2-1-3-5-7;/h1-5,8-9H,6H2,(H,10,11);/q;+1/p-1/t8-,9+;/m0./s1. The van der Waals surface area contributed by atoms with Gasteiger partial charge in [0.1, 0.15) is 0 Å². The molecule has 1 saturated carbocycles. The van der Waals surface area contributed by atoms with Gasteiger partial charge in [-0.1, -0.05) is 41.4 Å². The molecule has 3 atom stereocenters. The molecule has 4 heteroatoms. The van der Waals surface area contributed by atoms with Gasteiger partial charge in [0.2, 0.25) is 0 Å². The molecule has 2 nitrogen and oxygen atoms in total. The van der Waals surface area contributed by atoms with Crippen LogP contribution in [-0.4, -0.2) is 14.0 Å². The second-order valence-electron chi connectivity index (χ2n) is 3.05. The summed E-state index contributed by atoms with van der Waals surface area (Å²) in [6.07, 6.45) is 0.792. The first kappa shape index (κ1) is 11.4. The Kier molecular flexibility index (Phi) is 4.13. The van der Waals surface area contributed by atoms with Gasteiger partial charge in [-0.05, 0) is 17.9 Å². The Labute approximate surface area is 102 Å². The van der Waals surface area contributed by atoms with E-state index < -0.39 is 11.1 Å². The molecule has 13 heavy (non-hydrogen) atoms. The van der Waals surface area contributed by atoms with E-state index in [4.69, 9.17) is 0 Å². The molecule has 1 aromatic rings. The SMILES string of the molecule is O=S([O-])[C@@H]1C[C@H]1c1ccccc1.[Na+]. The van der Waals surface area contributed by atoms with Gasteiger partial charge in [-0.3, -0.25) is 4.21 Å². The van der Waals surface area contributed by atoms with Crippen LogP contribution in [0.5, 0.6) is 0 Å². The second kappa shape index (κ2) is 4.71. The third-order valence-corrected chi connectivity index (χ3v) is 3.22. The molecule has 0 radical (unpaired) electrons. The molecule has 0 aliphatic heterocycles. The average molecular weight is 204 g/mol. The zero-order valence-electron chi connectivity index (χ0n) is 7.47. The molecule has 1 fully saturated rings. The van der Waals surface area contributed by atoms with Crippen LogP contribution in [-0.2, 0) is 11.1 Å². The predicted molar refractivity (Wildman–Crippen MR) is 46.5 cm³/mol. The van der Waals surface area contributed by atoms with Crippen LogP contribution in [0.25, 0.3) is 0 Å². The van der Waals surface area contributed by atoms with Gasteiger partial charge in [0.15, 0.2) is 0 Å². The Morgan fingerprint density at radius 1 is 1.31 bits per heavy atom. The van der Waals surface area contributed by atoms with E-state index in [-0.39, 0.29) is 40.7 Å². The molecular formula is C9H9NaO2S. The molecule has 0 heterocycles. The van der Waals surface area contributed by atoms with Crippen molar-refractivity contribution in [1.82, 2.24) is 0 Å². The molecular weight excluding hydrogens is 195 g/mol. The summed E-state index contributed by atoms with van der Waals surface area (Å²) in [4.78, 5) is 0. The van der Waals surface area contributed by atoms with Gasteiger partial charge < -0.3 is 4.55 Å². The molecule has 0 bridgehead atoms. The van der Waals surface area contributed by atoms with Gasteiger partial charge in [0.25, 0.3) is 0 Å². The quantitative estimate of drug-likeness (QED) is 0.431. The van der Waals surface area contributed by atoms with E-state index >= 15 is 0 Å². The van der Waals surface area contributed by atoms with Gasteiger partial charge in [-0.2, -0.15) is 0 Å². The first-order valence-electron chi connectivity index (χ1n) is 3.92. The van der Waals surface area contributed by atoms with E-state index in [0.29, 0.717) is 0 Å². The van der Waals surface area contributed by atoms with Crippen molar-refractivity contribution in [1.29, 1.82) is 0 Å². The van der Waals surface area contributed by atoms with Crippen molar-refractivity contribution >= 4 is 11.1 Å². The van der Waals surface area contributed by atoms with E-state index in [1.165, 1.54) is 0 Å². The Morgan fingerprint density at radius 3 is 2.38 bits per heavy atom. The van der Waals surface area contributed by atoms with Crippen LogP contribution < -0.4 is 29.6 Å². The monoisotopic (exact) mass is 204 g/mol. The Balaban J connectivity index is 0.000000845. The molecule has 1 aliphatic rings. The molecule has 0 amide bonds. The van der Waals surface area contributed by atoms with Gasteiger partial charge in [-0.15, -0.1) is 0 Å². The van der Waals surface area contributed by atoms with Crippen molar-refractivity contribution in [3.05, 3.63) is 35.9 Å². The fourth-order valence-electron chi connectivity index (χ4n) is 1.44. The minimum absolute atomic E-state index is 0. The van der Waals surface area contributed by atoms with Gasteiger partial charge >= 0.3 is 29.6 Å². The van der Waals surface area contributed by atoms with Gasteiger partial charge in [0, 0.05) is 5.25 Å². The van der Waals surface area contributed by atoms with Crippen molar-refractivity contribution < 1.29 is 38.3 Å². The van der Waals surface area contributed by atoms with Crippen LogP contribution in [0.2, 0.25) is 0 Å². The number of rotatable bonds is 2. The number of hydrogen-bond donors (Lipinski definition) is 0. The molecule has 0 spiro atoms. The molecule has 0 aromatic heterocycles. The molecule has 1 unspecified atom stereocenters. The van der Waals surface area contributed by atoms with Crippen LogP contribution in [0.1, 0.15) is 17.9 Å². The third kappa shape index (κ3) is 2.64. The maximum Gasteiger partial charge on any atom is 1.00 e. The number of benzene rings is 1. The van der Waals surface area contributed by atoms with Crippen molar-refractivity contribution in [3.63, 3.8) is 0 Å². The second-order valence-corrected chi connectivity index (χ2v) is 4.18. The summed E-state index contributed by atoms with van der Waals surface area (Å²) < 4.78 is 21.1. The largest absolute Gasteiger partial charge is 1.00 e. The maximum atomic E-state index is 10.5. The zero-order chi connectivity index (χ0) is 8.55. The van der Waals surface area contributed by atoms with Gasteiger partial charge in [-0.25, -0.2) is 0 Å². The summed E-state index contributed by atoms with van der Waals surface area (Å²) >= 11 is -1.89. The van der Waals surface area contributed by atoms with Crippen LogP contribution in [0.4, 0.5) is 0 Å². The summed E-state index contributed by atoms with van der Waals surface area (Å²) in [6.45, 7) is 0. The first-order valence-corrected chi connectivity index (χ1v) is 5.06.